The van der Waals surface area contributed by atoms with E-state index >= 15 is 0 Å². The van der Waals surface area contributed by atoms with Crippen LogP contribution < -0.4 is 10.6 Å². The predicted octanol–water partition coefficient (Wildman–Crippen LogP) is 4.91. The van der Waals surface area contributed by atoms with E-state index < -0.39 is 0 Å². The summed E-state index contributed by atoms with van der Waals surface area (Å²) in [5, 5.41) is 6.43. The zero-order chi connectivity index (χ0) is 20.5. The first kappa shape index (κ1) is 19.2. The molecule has 2 aromatic rings. The first-order chi connectivity index (χ1) is 14.0. The van der Waals surface area contributed by atoms with E-state index in [2.05, 4.69) is 10.6 Å². The van der Waals surface area contributed by atoms with Crippen molar-refractivity contribution in [1.29, 1.82) is 0 Å². The molecule has 148 valence electrons. The highest BCUT2D eigenvalue weighted by Crippen LogP contribution is 2.42. The number of hydrogen-bond donors (Lipinski definition) is 2. The molecule has 1 aliphatic carbocycles. The van der Waals surface area contributed by atoms with Gasteiger partial charge in [0.05, 0.1) is 0 Å². The summed E-state index contributed by atoms with van der Waals surface area (Å²) in [6, 6.07) is 15.9. The number of para-hydroxylation sites is 1. The maximum absolute atomic E-state index is 13.4. The number of allylic oxidation sites excluding steroid dienone is 3. The molecule has 2 N–H and O–H groups in total. The number of hydrogen-bond acceptors (Lipinski definition) is 3. The largest absolute Gasteiger partial charge is 0.362 e. The third-order valence-electron chi connectivity index (χ3n) is 5.82. The lowest BCUT2D eigenvalue weighted by atomic mass is 9.75. The molecule has 4 heteroatoms. The Morgan fingerprint density at radius 2 is 1.72 bits per heavy atom. The van der Waals surface area contributed by atoms with Crippen molar-refractivity contribution in [2.24, 2.45) is 0 Å². The van der Waals surface area contributed by atoms with Crippen LogP contribution in [0.4, 0.5) is 5.69 Å². The van der Waals surface area contributed by atoms with Crippen LogP contribution in [-0.4, -0.2) is 11.7 Å². The number of dihydropyridines is 1. The van der Waals surface area contributed by atoms with Crippen LogP contribution in [0.15, 0.2) is 71.1 Å². The predicted molar refractivity (Wildman–Crippen MR) is 115 cm³/mol. The number of amides is 1. The van der Waals surface area contributed by atoms with Gasteiger partial charge in [0.1, 0.15) is 0 Å². The monoisotopic (exact) mass is 386 g/mol. The summed E-state index contributed by atoms with van der Waals surface area (Å²) >= 11 is 0. The highest BCUT2D eigenvalue weighted by atomic mass is 16.2. The molecule has 0 saturated heterocycles. The smallest absolute Gasteiger partial charge is 0.254 e. The molecule has 0 saturated carbocycles. The van der Waals surface area contributed by atoms with Crippen LogP contribution in [0.2, 0.25) is 0 Å². The van der Waals surface area contributed by atoms with Crippen molar-refractivity contribution < 1.29 is 9.59 Å². The van der Waals surface area contributed by atoms with Crippen LogP contribution in [0.3, 0.4) is 0 Å². The fourth-order valence-electron chi connectivity index (χ4n) is 4.28. The van der Waals surface area contributed by atoms with Gasteiger partial charge >= 0.3 is 0 Å². The summed E-state index contributed by atoms with van der Waals surface area (Å²) in [6.45, 7) is 5.94. The molecule has 1 unspecified atom stereocenters. The Kier molecular flexibility index (Phi) is 5.10. The number of aryl methyl sites for hydroxylation is 2. The summed E-state index contributed by atoms with van der Waals surface area (Å²) in [4.78, 5) is 26.3. The second kappa shape index (κ2) is 7.70. The van der Waals surface area contributed by atoms with Gasteiger partial charge in [0.25, 0.3) is 5.91 Å². The zero-order valence-corrected chi connectivity index (χ0v) is 17.1. The molecule has 2 aromatic carbocycles. The van der Waals surface area contributed by atoms with Gasteiger partial charge < -0.3 is 10.6 Å². The van der Waals surface area contributed by atoms with Crippen molar-refractivity contribution in [3.05, 3.63) is 87.8 Å². The number of benzene rings is 2. The zero-order valence-electron chi connectivity index (χ0n) is 17.1. The minimum Gasteiger partial charge on any atom is -0.362 e. The minimum absolute atomic E-state index is 0.137. The number of carbonyl (C=O) groups excluding carboxylic acids is 2. The number of anilines is 1. The topological polar surface area (TPSA) is 58.2 Å². The first-order valence-corrected chi connectivity index (χ1v) is 10.1. The molecular formula is C25H26N2O2. The lowest BCUT2D eigenvalue weighted by Gasteiger charge is -2.34. The average Bonchev–Trinajstić information content (AvgIpc) is 2.69. The second-order valence-electron chi connectivity index (χ2n) is 7.95. The Morgan fingerprint density at radius 1 is 1.00 bits per heavy atom. The van der Waals surface area contributed by atoms with E-state index in [9.17, 15) is 9.59 Å². The van der Waals surface area contributed by atoms with Crippen LogP contribution in [-0.2, 0) is 9.59 Å². The van der Waals surface area contributed by atoms with Crippen LogP contribution in [0.25, 0.3) is 0 Å². The number of nitrogens with one attached hydrogen (secondary N) is 2. The van der Waals surface area contributed by atoms with Gasteiger partial charge in [-0.1, -0.05) is 48.0 Å². The molecule has 0 radical (unpaired) electrons. The molecule has 4 rings (SSSR count). The third kappa shape index (κ3) is 3.63. The van der Waals surface area contributed by atoms with E-state index in [0.717, 1.165) is 52.2 Å². The molecule has 0 spiro atoms. The van der Waals surface area contributed by atoms with Gasteiger partial charge in [-0.05, 0) is 50.8 Å². The highest BCUT2D eigenvalue weighted by Gasteiger charge is 2.38. The second-order valence-corrected chi connectivity index (χ2v) is 7.95. The molecule has 0 fully saturated rings. The quantitative estimate of drug-likeness (QED) is 0.788. The van der Waals surface area contributed by atoms with Gasteiger partial charge in [0.2, 0.25) is 0 Å². The molecule has 1 amide bonds. The Bertz CT molecular complexity index is 1040. The Hall–Kier alpha value is -3.14. The molecule has 1 heterocycles. The van der Waals surface area contributed by atoms with Crippen molar-refractivity contribution in [1.82, 2.24) is 5.32 Å². The molecule has 2 aliphatic rings. The summed E-state index contributed by atoms with van der Waals surface area (Å²) < 4.78 is 0. The summed E-state index contributed by atoms with van der Waals surface area (Å²) in [5.74, 6) is -0.374. The summed E-state index contributed by atoms with van der Waals surface area (Å²) in [6.07, 6.45) is 2.23. The highest BCUT2D eigenvalue weighted by molar-refractivity contribution is 6.10. The van der Waals surface area contributed by atoms with E-state index in [1.807, 2.05) is 69.3 Å². The molecule has 4 nitrogen and oxygen atoms in total. The third-order valence-corrected chi connectivity index (χ3v) is 5.82. The lowest BCUT2D eigenvalue weighted by molar-refractivity contribution is -0.116. The molecular weight excluding hydrogens is 360 g/mol. The number of carbonyl (C=O) groups is 2. The molecule has 1 atom stereocenters. The maximum Gasteiger partial charge on any atom is 0.254 e. The number of rotatable bonds is 3. The maximum atomic E-state index is 13.4. The van der Waals surface area contributed by atoms with Crippen LogP contribution in [0, 0.1) is 13.8 Å². The van der Waals surface area contributed by atoms with Crippen molar-refractivity contribution in [2.45, 2.75) is 46.0 Å². The fraction of sp³-hybridized carbons (Fsp3) is 0.280. The van der Waals surface area contributed by atoms with Crippen LogP contribution >= 0.6 is 0 Å². The lowest BCUT2D eigenvalue weighted by Crippen LogP contribution is -2.35. The van der Waals surface area contributed by atoms with Gasteiger partial charge in [0.15, 0.2) is 5.78 Å². The Morgan fingerprint density at radius 3 is 2.45 bits per heavy atom. The molecule has 29 heavy (non-hydrogen) atoms. The molecule has 1 aliphatic heterocycles. The molecule has 0 bridgehead atoms. The van der Waals surface area contributed by atoms with E-state index in [-0.39, 0.29) is 17.6 Å². The van der Waals surface area contributed by atoms with Gasteiger partial charge in [-0.15, -0.1) is 0 Å². The van der Waals surface area contributed by atoms with Crippen molar-refractivity contribution in [3.63, 3.8) is 0 Å². The number of Topliss-reactive ketones (excluding diaryl/α,β-unsaturated/α-hetero) is 1. The van der Waals surface area contributed by atoms with Crippen LogP contribution in [0.5, 0.6) is 0 Å². The Balaban J connectivity index is 1.79. The average molecular weight is 386 g/mol. The van der Waals surface area contributed by atoms with Crippen molar-refractivity contribution in [2.75, 3.05) is 5.32 Å². The number of ketones is 1. The van der Waals surface area contributed by atoms with Gasteiger partial charge in [-0.2, -0.15) is 0 Å². The van der Waals surface area contributed by atoms with Gasteiger partial charge in [0, 0.05) is 40.6 Å². The van der Waals surface area contributed by atoms with E-state index in [1.165, 1.54) is 0 Å². The van der Waals surface area contributed by atoms with Gasteiger partial charge in [-0.3, -0.25) is 9.59 Å². The SMILES string of the molecule is CC1=C(C(=O)Nc2ccccc2C)C(c2ccc(C)cc2)C2=C(CCCC2=O)N1. The van der Waals surface area contributed by atoms with E-state index in [0.29, 0.717) is 12.0 Å². The van der Waals surface area contributed by atoms with Gasteiger partial charge in [-0.25, -0.2) is 0 Å². The summed E-state index contributed by atoms with van der Waals surface area (Å²) in [5.41, 5.74) is 7.07. The van der Waals surface area contributed by atoms with E-state index in [1.54, 1.807) is 0 Å². The van der Waals surface area contributed by atoms with Crippen LogP contribution in [0.1, 0.15) is 48.8 Å². The minimum atomic E-state index is -0.344. The Labute approximate surface area is 171 Å². The fourth-order valence-corrected chi connectivity index (χ4v) is 4.28. The standard InChI is InChI=1S/C25H26N2O2/c1-15-11-13-18(14-12-15)23-22(25(29)27-19-8-5-4-7-16(19)2)17(3)26-20-9-6-10-21(28)24(20)23/h4-5,7-8,11-14,23,26H,6,9-10H2,1-3H3,(H,27,29). The normalized spacial score (nSPS) is 19.0. The van der Waals surface area contributed by atoms with Crippen molar-refractivity contribution >= 4 is 17.4 Å². The van der Waals surface area contributed by atoms with Crippen molar-refractivity contribution in [3.8, 4) is 0 Å². The summed E-state index contributed by atoms with van der Waals surface area (Å²) in [7, 11) is 0. The first-order valence-electron chi connectivity index (χ1n) is 10.1. The van der Waals surface area contributed by atoms with E-state index in [4.69, 9.17) is 0 Å². The molecule has 0 aromatic heterocycles.